The van der Waals surface area contributed by atoms with Crippen molar-refractivity contribution in [3.05, 3.63) is 29.3 Å². The van der Waals surface area contributed by atoms with Crippen LogP contribution in [0, 0.1) is 12.8 Å². The minimum absolute atomic E-state index is 0.670. The highest BCUT2D eigenvalue weighted by atomic mass is 15.2. The molecule has 0 aromatic heterocycles. The maximum Gasteiger partial charge on any atom is 0.0346 e. The minimum Gasteiger partial charge on any atom is -0.399 e. The first-order valence-electron chi connectivity index (χ1n) is 7.57. The largest absolute Gasteiger partial charge is 0.399 e. The van der Waals surface area contributed by atoms with Gasteiger partial charge in [-0.25, -0.2) is 0 Å². The Hall–Kier alpha value is -1.02. The zero-order valence-corrected chi connectivity index (χ0v) is 13.2. The summed E-state index contributed by atoms with van der Waals surface area (Å²) in [7, 11) is 0. The van der Waals surface area contributed by atoms with Gasteiger partial charge in [-0.2, -0.15) is 0 Å². The lowest BCUT2D eigenvalue weighted by Gasteiger charge is -2.32. The van der Waals surface area contributed by atoms with Crippen molar-refractivity contribution in [3.63, 3.8) is 0 Å². The highest BCUT2D eigenvalue weighted by Crippen LogP contribution is 2.21. The van der Waals surface area contributed by atoms with Crippen LogP contribution in [-0.2, 0) is 6.54 Å². The quantitative estimate of drug-likeness (QED) is 0.745. The van der Waals surface area contributed by atoms with Crippen LogP contribution < -0.4 is 5.73 Å². The molecule has 0 spiro atoms. The van der Waals surface area contributed by atoms with Crippen LogP contribution in [-0.4, -0.2) is 17.5 Å². The van der Waals surface area contributed by atoms with Crippen LogP contribution in [0.5, 0.6) is 0 Å². The molecule has 1 rings (SSSR count). The average molecular weight is 262 g/mol. The molecule has 0 saturated carbocycles. The Balaban J connectivity index is 2.90. The molecule has 0 aliphatic rings. The summed E-state index contributed by atoms with van der Waals surface area (Å²) in [4.78, 5) is 2.62. The van der Waals surface area contributed by atoms with Crippen molar-refractivity contribution in [3.8, 4) is 0 Å². The second kappa shape index (κ2) is 7.54. The summed E-state index contributed by atoms with van der Waals surface area (Å²) >= 11 is 0. The molecule has 2 N–H and O–H groups in total. The molecular formula is C17H30N2. The van der Waals surface area contributed by atoms with Crippen molar-refractivity contribution in [2.45, 2.75) is 60.0 Å². The molecular weight excluding hydrogens is 232 g/mol. The Morgan fingerprint density at radius 1 is 1.16 bits per heavy atom. The van der Waals surface area contributed by atoms with E-state index in [1.54, 1.807) is 0 Å². The summed E-state index contributed by atoms with van der Waals surface area (Å²) in [5.41, 5.74) is 9.54. The molecule has 1 aromatic carbocycles. The van der Waals surface area contributed by atoms with Crippen molar-refractivity contribution in [2.24, 2.45) is 5.92 Å². The van der Waals surface area contributed by atoms with Crippen LogP contribution >= 0.6 is 0 Å². The number of nitrogens with zero attached hydrogens (tertiary/aromatic N) is 1. The molecule has 0 saturated heterocycles. The van der Waals surface area contributed by atoms with Crippen molar-refractivity contribution < 1.29 is 0 Å². The lowest BCUT2D eigenvalue weighted by atomic mass is 10.0. The van der Waals surface area contributed by atoms with Crippen LogP contribution in [0.2, 0.25) is 0 Å². The van der Waals surface area contributed by atoms with Crippen LogP contribution in [0.25, 0.3) is 0 Å². The zero-order chi connectivity index (χ0) is 14.4. The fourth-order valence-corrected chi connectivity index (χ4v) is 2.71. The normalized spacial score (nSPS) is 11.8. The fraction of sp³-hybridized carbons (Fsp3) is 0.647. The van der Waals surface area contributed by atoms with E-state index in [1.165, 1.54) is 24.0 Å². The summed E-state index contributed by atoms with van der Waals surface area (Å²) in [6.45, 7) is 13.5. The Bertz CT molecular complexity index is 381. The van der Waals surface area contributed by atoms with Gasteiger partial charge >= 0.3 is 0 Å². The molecule has 2 nitrogen and oxygen atoms in total. The standard InChI is InChI=1S/C17H30N2/c1-6-16(7-2)19(11-13(3)4)12-15-9-8-10-17(18)14(15)5/h8-10,13,16H,6-7,11-12,18H2,1-5H3. The highest BCUT2D eigenvalue weighted by molar-refractivity contribution is 5.49. The molecule has 1 aromatic rings. The number of hydrogen-bond donors (Lipinski definition) is 1. The molecule has 0 atom stereocenters. The maximum absolute atomic E-state index is 6.02. The zero-order valence-electron chi connectivity index (χ0n) is 13.2. The van der Waals surface area contributed by atoms with Crippen LogP contribution in [0.15, 0.2) is 18.2 Å². The van der Waals surface area contributed by atoms with Crippen molar-refractivity contribution in [1.82, 2.24) is 4.90 Å². The Morgan fingerprint density at radius 2 is 1.79 bits per heavy atom. The van der Waals surface area contributed by atoms with Gasteiger partial charge in [-0.15, -0.1) is 0 Å². The summed E-state index contributed by atoms with van der Waals surface area (Å²) in [5.74, 6) is 0.696. The van der Waals surface area contributed by atoms with Crippen LogP contribution in [0.1, 0.15) is 51.7 Å². The van der Waals surface area contributed by atoms with Gasteiger partial charge in [0.25, 0.3) is 0 Å². The molecule has 0 fully saturated rings. The number of hydrogen-bond acceptors (Lipinski definition) is 2. The first-order valence-corrected chi connectivity index (χ1v) is 7.57. The number of nitrogen functional groups attached to an aromatic ring is 1. The monoisotopic (exact) mass is 262 g/mol. The number of nitrogens with two attached hydrogens (primary N) is 1. The predicted octanol–water partition coefficient (Wildman–Crippen LogP) is 4.22. The van der Waals surface area contributed by atoms with Crippen molar-refractivity contribution in [2.75, 3.05) is 12.3 Å². The van der Waals surface area contributed by atoms with Gasteiger partial charge < -0.3 is 5.73 Å². The van der Waals surface area contributed by atoms with Crippen molar-refractivity contribution in [1.29, 1.82) is 0 Å². The van der Waals surface area contributed by atoms with Gasteiger partial charge in [0.05, 0.1) is 0 Å². The van der Waals surface area contributed by atoms with E-state index in [-0.39, 0.29) is 0 Å². The molecule has 0 aliphatic carbocycles. The summed E-state index contributed by atoms with van der Waals surface area (Å²) in [5, 5.41) is 0. The van der Waals surface area contributed by atoms with E-state index in [0.29, 0.717) is 12.0 Å². The molecule has 0 radical (unpaired) electrons. The molecule has 2 heteroatoms. The third kappa shape index (κ3) is 4.54. The maximum atomic E-state index is 6.02. The molecule has 108 valence electrons. The van der Waals surface area contributed by atoms with E-state index < -0.39 is 0 Å². The predicted molar refractivity (Wildman–Crippen MR) is 85.2 cm³/mol. The van der Waals surface area contributed by atoms with Gasteiger partial charge in [0.2, 0.25) is 0 Å². The fourth-order valence-electron chi connectivity index (χ4n) is 2.71. The van der Waals surface area contributed by atoms with Gasteiger partial charge in [0.15, 0.2) is 0 Å². The molecule has 0 aliphatic heterocycles. The minimum atomic E-state index is 0.670. The van der Waals surface area contributed by atoms with E-state index in [4.69, 9.17) is 5.73 Å². The third-order valence-electron chi connectivity index (χ3n) is 3.92. The SMILES string of the molecule is CCC(CC)N(Cc1cccc(N)c1C)CC(C)C. The molecule has 19 heavy (non-hydrogen) atoms. The van der Waals surface area contributed by atoms with Gasteiger partial charge in [-0.05, 0) is 42.9 Å². The summed E-state index contributed by atoms with van der Waals surface area (Å²) in [6, 6.07) is 6.94. The first-order chi connectivity index (χ1) is 8.99. The third-order valence-corrected chi connectivity index (χ3v) is 3.92. The lowest BCUT2D eigenvalue weighted by Crippen LogP contribution is -2.36. The van der Waals surface area contributed by atoms with E-state index in [1.807, 2.05) is 6.07 Å². The number of rotatable bonds is 7. The Kier molecular flexibility index (Phi) is 6.36. The van der Waals surface area contributed by atoms with Crippen LogP contribution in [0.3, 0.4) is 0 Å². The summed E-state index contributed by atoms with van der Waals surface area (Å²) in [6.07, 6.45) is 2.43. The van der Waals surface area contributed by atoms with E-state index in [0.717, 1.165) is 18.8 Å². The average Bonchev–Trinajstić information content (AvgIpc) is 2.35. The Labute approximate surface area is 119 Å². The van der Waals surface area contributed by atoms with Gasteiger partial charge in [-0.1, -0.05) is 39.8 Å². The second-order valence-corrected chi connectivity index (χ2v) is 5.92. The van der Waals surface area contributed by atoms with Crippen molar-refractivity contribution >= 4 is 5.69 Å². The van der Waals surface area contributed by atoms with E-state index in [9.17, 15) is 0 Å². The molecule has 0 bridgehead atoms. The highest BCUT2D eigenvalue weighted by Gasteiger charge is 2.17. The molecule has 0 unspecified atom stereocenters. The van der Waals surface area contributed by atoms with Gasteiger partial charge in [0.1, 0.15) is 0 Å². The Morgan fingerprint density at radius 3 is 2.32 bits per heavy atom. The van der Waals surface area contributed by atoms with Crippen LogP contribution in [0.4, 0.5) is 5.69 Å². The summed E-state index contributed by atoms with van der Waals surface area (Å²) < 4.78 is 0. The smallest absolute Gasteiger partial charge is 0.0346 e. The second-order valence-electron chi connectivity index (χ2n) is 5.92. The molecule has 0 amide bonds. The van der Waals surface area contributed by atoms with Gasteiger partial charge in [-0.3, -0.25) is 4.90 Å². The lowest BCUT2D eigenvalue weighted by molar-refractivity contribution is 0.157. The van der Waals surface area contributed by atoms with E-state index >= 15 is 0 Å². The number of anilines is 1. The molecule has 0 heterocycles. The number of benzene rings is 1. The topological polar surface area (TPSA) is 29.3 Å². The van der Waals surface area contributed by atoms with E-state index in [2.05, 4.69) is 51.7 Å². The first kappa shape index (κ1) is 16.0. The van der Waals surface area contributed by atoms with Gasteiger partial charge in [0, 0.05) is 24.8 Å².